The second-order valence-electron chi connectivity index (χ2n) is 7.15. The van der Waals surface area contributed by atoms with Crippen LogP contribution in [0.5, 0.6) is 0 Å². The number of hydrogen-bond acceptors (Lipinski definition) is 2. The largest absolute Gasteiger partial charge is 0.342 e. The van der Waals surface area contributed by atoms with Gasteiger partial charge in [0.25, 0.3) is 0 Å². The Bertz CT molecular complexity index is 349. The van der Waals surface area contributed by atoms with Crippen molar-refractivity contribution in [3.05, 3.63) is 0 Å². The molecule has 1 N–H and O–H groups in total. The molecule has 3 rings (SSSR count). The number of nitrogens with one attached hydrogen (secondary N) is 1. The summed E-state index contributed by atoms with van der Waals surface area (Å²) in [5.74, 6) is 1.47. The Balaban J connectivity index is 1.61. The van der Waals surface area contributed by atoms with Crippen LogP contribution in [0.15, 0.2) is 0 Å². The van der Waals surface area contributed by atoms with E-state index >= 15 is 0 Å². The van der Waals surface area contributed by atoms with Gasteiger partial charge in [-0.25, -0.2) is 0 Å². The predicted octanol–water partition coefficient (Wildman–Crippen LogP) is 2.41. The van der Waals surface area contributed by atoms with Gasteiger partial charge in [-0.15, -0.1) is 0 Å². The number of carbonyl (C=O) groups is 1. The number of piperidine rings is 1. The van der Waals surface area contributed by atoms with Crippen LogP contribution in [-0.4, -0.2) is 37.0 Å². The molecule has 2 saturated carbocycles. The van der Waals surface area contributed by atoms with E-state index in [-0.39, 0.29) is 0 Å². The van der Waals surface area contributed by atoms with Crippen molar-refractivity contribution < 1.29 is 4.79 Å². The lowest BCUT2D eigenvalue weighted by molar-refractivity contribution is -0.136. The maximum atomic E-state index is 12.7. The molecule has 1 heterocycles. The van der Waals surface area contributed by atoms with Gasteiger partial charge in [-0.1, -0.05) is 19.8 Å². The number of amides is 1. The van der Waals surface area contributed by atoms with Crippen molar-refractivity contribution in [2.45, 2.75) is 57.9 Å². The van der Waals surface area contributed by atoms with Crippen molar-refractivity contribution in [2.24, 2.45) is 17.3 Å². The Morgan fingerprint density at radius 3 is 2.58 bits per heavy atom. The van der Waals surface area contributed by atoms with Crippen LogP contribution >= 0.6 is 0 Å². The molecule has 0 radical (unpaired) electrons. The van der Waals surface area contributed by atoms with Crippen molar-refractivity contribution in [1.29, 1.82) is 0 Å². The zero-order valence-corrected chi connectivity index (χ0v) is 12.5. The highest BCUT2D eigenvalue weighted by Crippen LogP contribution is 2.59. The first-order valence-corrected chi connectivity index (χ1v) is 8.11. The fourth-order valence-electron chi connectivity index (χ4n) is 4.46. The van der Waals surface area contributed by atoms with Crippen molar-refractivity contribution >= 4 is 5.91 Å². The fourth-order valence-corrected chi connectivity index (χ4v) is 4.46. The summed E-state index contributed by atoms with van der Waals surface area (Å²) in [5.41, 5.74) is 0.383. The highest BCUT2D eigenvalue weighted by Gasteiger charge is 2.58. The number of hydrogen-bond donors (Lipinski definition) is 1. The smallest absolute Gasteiger partial charge is 0.226 e. The van der Waals surface area contributed by atoms with Crippen molar-refractivity contribution in [3.8, 4) is 0 Å². The van der Waals surface area contributed by atoms with Gasteiger partial charge in [0.2, 0.25) is 5.91 Å². The van der Waals surface area contributed by atoms with Gasteiger partial charge < -0.3 is 10.2 Å². The minimum atomic E-state index is 0.341. The molecule has 3 aliphatic rings. The minimum Gasteiger partial charge on any atom is -0.342 e. The molecular formula is C16H28N2O. The summed E-state index contributed by atoms with van der Waals surface area (Å²) in [7, 11) is 2.06. The summed E-state index contributed by atoms with van der Waals surface area (Å²) in [6.45, 7) is 4.53. The normalized spacial score (nSPS) is 37.1. The maximum Gasteiger partial charge on any atom is 0.226 e. The molecular weight excluding hydrogens is 236 g/mol. The molecule has 1 aliphatic heterocycles. The number of nitrogens with zero attached hydrogens (tertiary/aromatic N) is 1. The lowest BCUT2D eigenvalue weighted by Gasteiger charge is -2.37. The Morgan fingerprint density at radius 2 is 1.89 bits per heavy atom. The summed E-state index contributed by atoms with van der Waals surface area (Å²) < 4.78 is 0. The third-order valence-corrected chi connectivity index (χ3v) is 6.00. The zero-order chi connectivity index (χ0) is 13.5. The molecule has 1 spiro atoms. The van der Waals surface area contributed by atoms with E-state index in [1.54, 1.807) is 0 Å². The number of rotatable bonds is 2. The first-order chi connectivity index (χ1) is 9.14. The minimum absolute atomic E-state index is 0.341. The monoisotopic (exact) mass is 264 g/mol. The second kappa shape index (κ2) is 5.08. The van der Waals surface area contributed by atoms with Gasteiger partial charge in [-0.3, -0.25) is 4.79 Å². The first-order valence-electron chi connectivity index (χ1n) is 8.11. The van der Waals surface area contributed by atoms with Crippen LogP contribution in [0, 0.1) is 17.3 Å². The van der Waals surface area contributed by atoms with E-state index in [4.69, 9.17) is 0 Å². The summed E-state index contributed by atoms with van der Waals surface area (Å²) >= 11 is 0. The van der Waals surface area contributed by atoms with Gasteiger partial charge in [0.05, 0.1) is 0 Å². The molecule has 0 aromatic rings. The van der Waals surface area contributed by atoms with Crippen LogP contribution in [0.1, 0.15) is 51.9 Å². The average Bonchev–Trinajstić information content (AvgIpc) is 3.12. The molecule has 3 fully saturated rings. The molecule has 2 aliphatic carbocycles. The van der Waals surface area contributed by atoms with Crippen LogP contribution in [0.25, 0.3) is 0 Å². The molecule has 19 heavy (non-hydrogen) atoms. The van der Waals surface area contributed by atoms with Crippen LogP contribution in [0.3, 0.4) is 0 Å². The molecule has 0 bridgehead atoms. The van der Waals surface area contributed by atoms with Crippen LogP contribution < -0.4 is 5.32 Å². The molecule has 1 amide bonds. The third kappa shape index (κ3) is 2.42. The van der Waals surface area contributed by atoms with E-state index in [1.165, 1.54) is 38.5 Å². The molecule has 0 aromatic heterocycles. The molecule has 3 nitrogen and oxygen atoms in total. The van der Waals surface area contributed by atoms with Crippen LogP contribution in [0.4, 0.5) is 0 Å². The standard InChI is InChI=1S/C16H28N2O/c1-12-5-3-4-6-14(12)18(2)15(19)13-11-16(13)7-9-17-10-8-16/h12-14,17H,3-11H2,1-2H3. The maximum absolute atomic E-state index is 12.7. The SMILES string of the molecule is CC1CCCCC1N(C)C(=O)C1CC12CCNCC2. The Labute approximate surface area is 117 Å². The van der Waals surface area contributed by atoms with Crippen molar-refractivity contribution in [1.82, 2.24) is 10.2 Å². The Morgan fingerprint density at radius 1 is 1.21 bits per heavy atom. The summed E-state index contributed by atoms with van der Waals surface area (Å²) in [6.07, 6.45) is 8.71. The van der Waals surface area contributed by atoms with Crippen LogP contribution in [0.2, 0.25) is 0 Å². The lowest BCUT2D eigenvalue weighted by atomic mass is 9.84. The Kier molecular flexibility index (Phi) is 3.59. The molecule has 0 aromatic carbocycles. The predicted molar refractivity (Wildman–Crippen MR) is 76.8 cm³/mol. The second-order valence-corrected chi connectivity index (χ2v) is 7.15. The van der Waals surface area contributed by atoms with E-state index < -0.39 is 0 Å². The summed E-state index contributed by atoms with van der Waals surface area (Å²) in [5, 5.41) is 3.41. The van der Waals surface area contributed by atoms with Crippen molar-refractivity contribution in [2.75, 3.05) is 20.1 Å². The van der Waals surface area contributed by atoms with E-state index in [9.17, 15) is 4.79 Å². The quantitative estimate of drug-likeness (QED) is 0.830. The van der Waals surface area contributed by atoms with Crippen LogP contribution in [-0.2, 0) is 4.79 Å². The molecule has 108 valence electrons. The average molecular weight is 264 g/mol. The van der Waals surface area contributed by atoms with Gasteiger partial charge in [-0.05, 0) is 56.5 Å². The first kappa shape index (κ1) is 13.4. The molecule has 1 saturated heterocycles. The van der Waals surface area contributed by atoms with Gasteiger partial charge in [0.15, 0.2) is 0 Å². The molecule has 3 unspecified atom stereocenters. The van der Waals surface area contributed by atoms with Gasteiger partial charge in [0.1, 0.15) is 0 Å². The third-order valence-electron chi connectivity index (χ3n) is 6.00. The van der Waals surface area contributed by atoms with Gasteiger partial charge >= 0.3 is 0 Å². The van der Waals surface area contributed by atoms with E-state index in [0.29, 0.717) is 29.2 Å². The highest BCUT2D eigenvalue weighted by molar-refractivity contribution is 5.82. The highest BCUT2D eigenvalue weighted by atomic mass is 16.2. The lowest BCUT2D eigenvalue weighted by Crippen LogP contribution is -2.44. The van der Waals surface area contributed by atoms with Gasteiger partial charge in [-0.2, -0.15) is 0 Å². The van der Waals surface area contributed by atoms with E-state index in [2.05, 4.69) is 24.2 Å². The van der Waals surface area contributed by atoms with Gasteiger partial charge in [0, 0.05) is 19.0 Å². The topological polar surface area (TPSA) is 32.3 Å². The fraction of sp³-hybridized carbons (Fsp3) is 0.938. The summed E-state index contributed by atoms with van der Waals surface area (Å²) in [4.78, 5) is 14.8. The Hall–Kier alpha value is -0.570. The van der Waals surface area contributed by atoms with Crippen molar-refractivity contribution in [3.63, 3.8) is 0 Å². The summed E-state index contributed by atoms with van der Waals surface area (Å²) in [6, 6.07) is 0.501. The molecule has 3 heteroatoms. The molecule has 3 atom stereocenters. The number of carbonyl (C=O) groups excluding carboxylic acids is 1. The zero-order valence-electron chi connectivity index (χ0n) is 12.5. The van der Waals surface area contributed by atoms with E-state index in [1.807, 2.05) is 0 Å². The van der Waals surface area contributed by atoms with E-state index in [0.717, 1.165) is 19.5 Å².